The molecule has 3 aromatic carbocycles. The first-order chi connectivity index (χ1) is 31.1. The number of carbonyl (C=O) groups is 4. The summed E-state index contributed by atoms with van der Waals surface area (Å²) in [5, 5.41) is 6.02. The average Bonchev–Trinajstić information content (AvgIpc) is 3.72. The highest BCUT2D eigenvalue weighted by Gasteiger charge is 2.37. The Bertz CT molecular complexity index is 2300. The number of hydrogen-bond acceptors (Lipinski definition) is 9. The van der Waals surface area contributed by atoms with E-state index in [0.29, 0.717) is 57.8 Å². The van der Waals surface area contributed by atoms with E-state index in [1.807, 2.05) is 30.0 Å². The Morgan fingerprint density at radius 3 is 2.30 bits per heavy atom. The number of nitrogens with one attached hydrogen (secondary N) is 2. The molecule has 0 radical (unpaired) electrons. The molecule has 4 heterocycles. The zero-order chi connectivity index (χ0) is 45.0. The van der Waals surface area contributed by atoms with Crippen molar-refractivity contribution in [2.75, 3.05) is 37.9 Å². The van der Waals surface area contributed by atoms with Crippen LogP contribution in [0.4, 0.5) is 5.69 Å². The van der Waals surface area contributed by atoms with Crippen LogP contribution in [0.15, 0.2) is 65.5 Å². The number of imidazole rings is 1. The van der Waals surface area contributed by atoms with Crippen molar-refractivity contribution in [1.82, 2.24) is 19.8 Å². The van der Waals surface area contributed by atoms with Crippen LogP contribution in [-0.4, -0.2) is 83.9 Å². The largest absolute Gasteiger partial charge is 0.381 e. The fourth-order valence-corrected chi connectivity index (χ4v) is 9.61. The third-order valence-corrected chi connectivity index (χ3v) is 13.1. The number of imide groups is 1. The van der Waals surface area contributed by atoms with Gasteiger partial charge < -0.3 is 30.2 Å². The lowest BCUT2D eigenvalue weighted by Gasteiger charge is -2.30. The average molecular weight is 879 g/mol. The van der Waals surface area contributed by atoms with Gasteiger partial charge in [-0.15, -0.1) is 0 Å². The Hall–Kier alpha value is -5.15. The third kappa shape index (κ3) is 11.7. The van der Waals surface area contributed by atoms with Gasteiger partial charge in [-0.25, -0.2) is 4.79 Å². The predicted octanol–water partition coefficient (Wildman–Crippen LogP) is 5.51. The van der Waals surface area contributed by atoms with E-state index in [1.54, 1.807) is 11.6 Å². The quantitative estimate of drug-likeness (QED) is 0.0573. The molecule has 4 amide bonds. The van der Waals surface area contributed by atoms with E-state index in [0.717, 1.165) is 93.1 Å². The van der Waals surface area contributed by atoms with Crippen LogP contribution in [0, 0.1) is 0 Å². The first kappa shape index (κ1) is 46.8. The van der Waals surface area contributed by atoms with Crippen molar-refractivity contribution in [2.45, 2.75) is 134 Å². The molecule has 344 valence electrons. The van der Waals surface area contributed by atoms with Crippen LogP contribution in [0.5, 0.6) is 0 Å². The van der Waals surface area contributed by atoms with Crippen LogP contribution in [0.2, 0.25) is 0 Å². The number of para-hydroxylation sites is 2. The van der Waals surface area contributed by atoms with Crippen molar-refractivity contribution < 1.29 is 33.4 Å². The van der Waals surface area contributed by atoms with E-state index in [1.165, 1.54) is 21.3 Å². The Morgan fingerprint density at radius 2 is 1.55 bits per heavy atom. The normalized spacial score (nSPS) is 18.3. The van der Waals surface area contributed by atoms with Crippen molar-refractivity contribution in [3.05, 3.63) is 99.0 Å². The number of benzene rings is 3. The summed E-state index contributed by atoms with van der Waals surface area (Å²) in [7, 11) is 1.73. The molecule has 0 bridgehead atoms. The van der Waals surface area contributed by atoms with E-state index >= 15 is 0 Å². The van der Waals surface area contributed by atoms with Crippen LogP contribution in [0.3, 0.4) is 0 Å². The fourth-order valence-electron chi connectivity index (χ4n) is 9.61. The summed E-state index contributed by atoms with van der Waals surface area (Å²) in [6.07, 6.45) is 10.8. The molecule has 14 heteroatoms. The number of unbranched alkanes of at least 4 members (excludes halogenated alkanes) is 2. The minimum Gasteiger partial charge on any atom is -0.381 e. The van der Waals surface area contributed by atoms with Gasteiger partial charge >= 0.3 is 5.69 Å². The summed E-state index contributed by atoms with van der Waals surface area (Å²) in [5.74, 6) is -0.874. The Labute approximate surface area is 376 Å². The standard InChI is InChI=1S/C50H66N6O8/c1-34(41(23-25-44(51)57)52-32-40-31-39-15-6-12-37-14-8-18-46(59)55(40)47(37)39)64-33-36-21-19-35(20-22-36)11-9-29-62-27-4-3-5-28-63-30-10-16-38-13-7-17-42-48(38)54(2)50(61)56(42)43-24-26-45(58)53-49(43)60/h6-7,12-13,15,17,19-22,34,40-41,43,52H,3-5,8-11,14,16,18,23-33H2,1-2H3,(H2,51,57)(H,53,58,60)/t34-,40?,41+,43?/m1/s1. The van der Waals surface area contributed by atoms with Crippen molar-refractivity contribution >= 4 is 40.3 Å². The van der Waals surface area contributed by atoms with Gasteiger partial charge in [-0.1, -0.05) is 54.6 Å². The number of hydrogen-bond donors (Lipinski definition) is 3. The topological polar surface area (TPSA) is 176 Å². The number of anilines is 1. The molecule has 2 unspecified atom stereocenters. The number of ether oxygens (including phenoxy) is 3. The van der Waals surface area contributed by atoms with Crippen LogP contribution >= 0.6 is 0 Å². The number of amides is 4. The lowest BCUT2D eigenvalue weighted by molar-refractivity contribution is -0.135. The fraction of sp³-hybridized carbons (Fsp3) is 0.540. The molecule has 0 spiro atoms. The first-order valence-electron chi connectivity index (χ1n) is 23.4. The van der Waals surface area contributed by atoms with Crippen molar-refractivity contribution in [1.29, 1.82) is 0 Å². The lowest BCUT2D eigenvalue weighted by atomic mass is 10.0. The molecule has 4 N–H and O–H groups in total. The molecule has 4 atom stereocenters. The van der Waals surface area contributed by atoms with Crippen LogP contribution in [0.25, 0.3) is 11.0 Å². The molecule has 3 aliphatic rings. The number of fused-ring (bicyclic) bond motifs is 1. The zero-order valence-electron chi connectivity index (χ0n) is 37.6. The maximum atomic E-state index is 13.2. The molecule has 1 fully saturated rings. The highest BCUT2D eigenvalue weighted by molar-refractivity contribution is 6.00. The molecule has 1 aromatic heterocycles. The first-order valence-corrected chi connectivity index (χ1v) is 23.4. The van der Waals surface area contributed by atoms with Gasteiger partial charge in [0, 0.05) is 65.3 Å². The number of aromatic nitrogens is 2. The van der Waals surface area contributed by atoms with Gasteiger partial charge in [0.1, 0.15) is 6.04 Å². The van der Waals surface area contributed by atoms with Gasteiger partial charge in [-0.3, -0.25) is 33.6 Å². The van der Waals surface area contributed by atoms with Crippen LogP contribution in [-0.2, 0) is 72.7 Å². The van der Waals surface area contributed by atoms with Crippen LogP contribution < -0.4 is 27.0 Å². The van der Waals surface area contributed by atoms with E-state index in [9.17, 15) is 24.0 Å². The summed E-state index contributed by atoms with van der Waals surface area (Å²) in [6, 6.07) is 20.0. The number of nitrogens with zero attached hydrogens (tertiary/aromatic N) is 3. The second kappa shape index (κ2) is 22.7. The molecule has 0 saturated carbocycles. The second-order valence-corrected chi connectivity index (χ2v) is 17.7. The molecule has 3 aliphatic heterocycles. The molecular weight excluding hydrogens is 813 g/mol. The highest BCUT2D eigenvalue weighted by Crippen LogP contribution is 2.39. The number of primary amides is 1. The van der Waals surface area contributed by atoms with Crippen molar-refractivity contribution in [2.24, 2.45) is 12.8 Å². The number of carbonyl (C=O) groups excluding carboxylic acids is 4. The van der Waals surface area contributed by atoms with Gasteiger partial charge in [-0.2, -0.15) is 0 Å². The van der Waals surface area contributed by atoms with Crippen molar-refractivity contribution in [3.63, 3.8) is 0 Å². The maximum Gasteiger partial charge on any atom is 0.329 e. The van der Waals surface area contributed by atoms with Gasteiger partial charge in [0.05, 0.1) is 35.5 Å². The van der Waals surface area contributed by atoms with Gasteiger partial charge in [0.2, 0.25) is 23.6 Å². The smallest absolute Gasteiger partial charge is 0.329 e. The Balaban J connectivity index is 0.739. The van der Waals surface area contributed by atoms with Gasteiger partial charge in [-0.05, 0) is 118 Å². The Morgan fingerprint density at radius 1 is 0.844 bits per heavy atom. The highest BCUT2D eigenvalue weighted by atomic mass is 16.5. The molecule has 7 rings (SSSR count). The number of rotatable bonds is 25. The molecule has 1 saturated heterocycles. The maximum absolute atomic E-state index is 13.2. The number of aryl methyl sites for hydroxylation is 4. The number of piperidine rings is 1. The van der Waals surface area contributed by atoms with Crippen LogP contribution in [0.1, 0.15) is 111 Å². The SMILES string of the molecule is C[C@@H](OCc1ccc(CCCOCCCCCOCCCc2cccc3c2n(C)c(=O)n3C2CCC(=O)NC2=O)cc1)[C@H](CCC(N)=O)NCC1Cc2cccc3c2N1C(=O)CCC3. The van der Waals surface area contributed by atoms with E-state index < -0.39 is 11.9 Å². The molecule has 64 heavy (non-hydrogen) atoms. The minimum atomic E-state index is -0.691. The van der Waals surface area contributed by atoms with Gasteiger partial charge in [0.15, 0.2) is 0 Å². The molecule has 14 nitrogen and oxygen atoms in total. The van der Waals surface area contributed by atoms with E-state index in [4.69, 9.17) is 19.9 Å². The predicted molar refractivity (Wildman–Crippen MR) is 246 cm³/mol. The second-order valence-electron chi connectivity index (χ2n) is 17.7. The third-order valence-electron chi connectivity index (χ3n) is 13.1. The van der Waals surface area contributed by atoms with E-state index in [2.05, 4.69) is 53.1 Å². The van der Waals surface area contributed by atoms with Crippen molar-refractivity contribution in [3.8, 4) is 0 Å². The summed E-state index contributed by atoms with van der Waals surface area (Å²) in [6.45, 7) is 5.88. The number of nitrogens with two attached hydrogens (primary N) is 1. The summed E-state index contributed by atoms with van der Waals surface area (Å²) in [4.78, 5) is 64.3. The molecule has 0 aliphatic carbocycles. The lowest BCUT2D eigenvalue weighted by Crippen LogP contribution is -2.49. The summed E-state index contributed by atoms with van der Waals surface area (Å²) < 4.78 is 21.3. The molecule has 4 aromatic rings. The molecular formula is C50H66N6O8. The minimum absolute atomic E-state index is 0.0322. The monoisotopic (exact) mass is 878 g/mol. The van der Waals surface area contributed by atoms with Gasteiger partial charge in [0.25, 0.3) is 0 Å². The van der Waals surface area contributed by atoms with E-state index in [-0.39, 0.29) is 54.4 Å². The Kier molecular flexibility index (Phi) is 16.6. The summed E-state index contributed by atoms with van der Waals surface area (Å²) in [5.41, 5.74) is 13.8. The zero-order valence-corrected chi connectivity index (χ0v) is 37.6. The summed E-state index contributed by atoms with van der Waals surface area (Å²) >= 11 is 0.